The largest absolute Gasteiger partial charge is 0.384 e. The van der Waals surface area contributed by atoms with E-state index >= 15 is 0 Å². The number of anilines is 2. The van der Waals surface area contributed by atoms with E-state index in [2.05, 4.69) is 21.3 Å². The fourth-order valence-corrected chi connectivity index (χ4v) is 3.92. The zero-order valence-corrected chi connectivity index (χ0v) is 17.1. The highest BCUT2D eigenvalue weighted by molar-refractivity contribution is 7.89. The van der Waals surface area contributed by atoms with Crippen LogP contribution < -0.4 is 21.3 Å². The Labute approximate surface area is 160 Å². The molecule has 0 aliphatic rings. The smallest absolute Gasteiger partial charge is 0.321 e. The normalized spacial score (nSPS) is 11.1. The van der Waals surface area contributed by atoms with Crippen molar-refractivity contribution in [1.29, 1.82) is 0 Å². The van der Waals surface area contributed by atoms with E-state index in [-0.39, 0.29) is 11.4 Å². The third-order valence-electron chi connectivity index (χ3n) is 3.73. The van der Waals surface area contributed by atoms with Gasteiger partial charge in [0.1, 0.15) is 0 Å². The highest BCUT2D eigenvalue weighted by Crippen LogP contribution is 2.27. The van der Waals surface area contributed by atoms with Gasteiger partial charge in [-0.05, 0) is 32.0 Å². The number of hydrogen-bond donors (Lipinski definition) is 4. The van der Waals surface area contributed by atoms with Crippen molar-refractivity contribution >= 4 is 33.3 Å². The summed E-state index contributed by atoms with van der Waals surface area (Å²) in [5.74, 6) is -0.527. The molecule has 0 atom stereocenters. The van der Waals surface area contributed by atoms with E-state index in [0.717, 1.165) is 0 Å². The molecule has 0 saturated carbocycles. The number of imide groups is 1. The molecule has 0 saturated heterocycles. The molecule has 0 aliphatic heterocycles. The van der Waals surface area contributed by atoms with Gasteiger partial charge in [0, 0.05) is 26.2 Å². The molecule has 0 unspecified atom stereocenters. The zero-order chi connectivity index (χ0) is 20.4. The number of hydrogen-bond acceptors (Lipinski definition) is 6. The number of carbonyl (C=O) groups is 2. The number of benzene rings is 1. The molecule has 3 amide bonds. The SMILES string of the molecule is CCNC(=O)NC(=O)CNc1cc(S(=O)(=O)N(CC)CC)ccc1NCC. The second-order valence-electron chi connectivity index (χ2n) is 5.59. The molecule has 1 aromatic carbocycles. The topological polar surface area (TPSA) is 120 Å². The van der Waals surface area contributed by atoms with Crippen LogP contribution in [0.2, 0.25) is 0 Å². The molecule has 0 aromatic heterocycles. The lowest BCUT2D eigenvalue weighted by molar-refractivity contribution is -0.118. The lowest BCUT2D eigenvalue weighted by Crippen LogP contribution is -2.41. The molecule has 27 heavy (non-hydrogen) atoms. The molecule has 0 bridgehead atoms. The van der Waals surface area contributed by atoms with E-state index in [1.165, 1.54) is 16.4 Å². The highest BCUT2D eigenvalue weighted by Gasteiger charge is 2.22. The van der Waals surface area contributed by atoms with Crippen LogP contribution in [0.25, 0.3) is 0 Å². The Bertz CT molecular complexity index is 748. The van der Waals surface area contributed by atoms with Crippen molar-refractivity contribution in [3.05, 3.63) is 18.2 Å². The molecule has 0 heterocycles. The van der Waals surface area contributed by atoms with Crippen LogP contribution in [0.3, 0.4) is 0 Å². The summed E-state index contributed by atoms with van der Waals surface area (Å²) in [6.07, 6.45) is 0. The van der Waals surface area contributed by atoms with Crippen LogP contribution in [-0.2, 0) is 14.8 Å². The predicted octanol–water partition coefficient (Wildman–Crippen LogP) is 1.41. The number of sulfonamides is 1. The van der Waals surface area contributed by atoms with Gasteiger partial charge in [0.25, 0.3) is 0 Å². The summed E-state index contributed by atoms with van der Waals surface area (Å²) in [5.41, 5.74) is 1.14. The minimum Gasteiger partial charge on any atom is -0.384 e. The van der Waals surface area contributed by atoms with Crippen molar-refractivity contribution in [2.24, 2.45) is 0 Å². The van der Waals surface area contributed by atoms with Gasteiger partial charge in [-0.1, -0.05) is 13.8 Å². The van der Waals surface area contributed by atoms with Gasteiger partial charge in [-0.2, -0.15) is 4.31 Å². The first-order valence-corrected chi connectivity index (χ1v) is 10.4. The molecule has 152 valence electrons. The number of carbonyl (C=O) groups excluding carboxylic acids is 2. The fourth-order valence-electron chi connectivity index (χ4n) is 2.44. The fraction of sp³-hybridized carbons (Fsp3) is 0.529. The van der Waals surface area contributed by atoms with Crippen LogP contribution in [-0.4, -0.2) is 57.4 Å². The van der Waals surface area contributed by atoms with E-state index in [0.29, 0.717) is 37.6 Å². The average Bonchev–Trinajstić information content (AvgIpc) is 2.62. The van der Waals surface area contributed by atoms with Gasteiger partial charge in [-0.3, -0.25) is 10.1 Å². The van der Waals surface area contributed by atoms with Crippen molar-refractivity contribution in [3.8, 4) is 0 Å². The van der Waals surface area contributed by atoms with Gasteiger partial charge in [0.05, 0.1) is 22.8 Å². The number of nitrogens with zero attached hydrogens (tertiary/aromatic N) is 1. The van der Waals surface area contributed by atoms with Crippen LogP contribution in [0.15, 0.2) is 23.1 Å². The maximum Gasteiger partial charge on any atom is 0.321 e. The minimum absolute atomic E-state index is 0.138. The molecule has 0 aliphatic carbocycles. The maximum atomic E-state index is 12.7. The zero-order valence-electron chi connectivity index (χ0n) is 16.3. The van der Waals surface area contributed by atoms with Gasteiger partial charge in [-0.15, -0.1) is 0 Å². The van der Waals surface area contributed by atoms with Crippen molar-refractivity contribution in [2.75, 3.05) is 43.4 Å². The molecular formula is C17H29N5O4S. The molecule has 0 fully saturated rings. The van der Waals surface area contributed by atoms with Gasteiger partial charge >= 0.3 is 6.03 Å². The summed E-state index contributed by atoms with van der Waals surface area (Å²) < 4.78 is 26.8. The standard InChI is InChI=1S/C17H29N5O4S/c1-5-18-14-10-9-13(27(25,26)22(7-3)8-4)11-15(14)20-12-16(23)21-17(24)19-6-2/h9-11,18,20H,5-8,12H2,1-4H3,(H2,19,21,23,24). The Hall–Kier alpha value is -2.33. The van der Waals surface area contributed by atoms with Gasteiger partial charge in [-0.25, -0.2) is 13.2 Å². The third-order valence-corrected chi connectivity index (χ3v) is 5.78. The summed E-state index contributed by atoms with van der Waals surface area (Å²) in [6.45, 7) is 8.79. The van der Waals surface area contributed by atoms with Gasteiger partial charge < -0.3 is 16.0 Å². The molecule has 10 heteroatoms. The van der Waals surface area contributed by atoms with E-state index in [4.69, 9.17) is 0 Å². The van der Waals surface area contributed by atoms with Crippen molar-refractivity contribution < 1.29 is 18.0 Å². The van der Waals surface area contributed by atoms with Gasteiger partial charge in [0.15, 0.2) is 0 Å². The van der Waals surface area contributed by atoms with Gasteiger partial charge in [0.2, 0.25) is 15.9 Å². The molecule has 9 nitrogen and oxygen atoms in total. The first-order chi connectivity index (χ1) is 12.8. The molecular weight excluding hydrogens is 370 g/mol. The minimum atomic E-state index is -3.62. The molecule has 4 N–H and O–H groups in total. The van der Waals surface area contributed by atoms with Crippen LogP contribution in [0.5, 0.6) is 0 Å². The van der Waals surface area contributed by atoms with E-state index in [1.54, 1.807) is 26.8 Å². The average molecular weight is 400 g/mol. The van der Waals surface area contributed by atoms with Crippen LogP contribution >= 0.6 is 0 Å². The molecule has 0 radical (unpaired) electrons. The first-order valence-electron chi connectivity index (χ1n) is 8.99. The second-order valence-corrected chi connectivity index (χ2v) is 7.53. The van der Waals surface area contributed by atoms with Crippen molar-refractivity contribution in [1.82, 2.24) is 14.9 Å². The molecule has 1 aromatic rings. The Balaban J connectivity index is 3.03. The van der Waals surface area contributed by atoms with Crippen molar-refractivity contribution in [3.63, 3.8) is 0 Å². The summed E-state index contributed by atoms with van der Waals surface area (Å²) in [7, 11) is -3.62. The highest BCUT2D eigenvalue weighted by atomic mass is 32.2. The summed E-state index contributed by atoms with van der Waals surface area (Å²) in [4.78, 5) is 23.4. The number of nitrogens with one attached hydrogen (secondary N) is 4. The predicted molar refractivity (Wildman–Crippen MR) is 106 cm³/mol. The number of urea groups is 1. The quantitative estimate of drug-likeness (QED) is 0.472. The van der Waals surface area contributed by atoms with Crippen LogP contribution in [0.4, 0.5) is 16.2 Å². The Morgan fingerprint density at radius 2 is 1.63 bits per heavy atom. The Morgan fingerprint density at radius 1 is 0.963 bits per heavy atom. The van der Waals surface area contributed by atoms with E-state index < -0.39 is 22.0 Å². The number of amides is 3. The summed E-state index contributed by atoms with van der Waals surface area (Å²) in [6, 6.07) is 4.11. The maximum absolute atomic E-state index is 12.7. The lowest BCUT2D eigenvalue weighted by Gasteiger charge is -2.20. The summed E-state index contributed by atoms with van der Waals surface area (Å²) >= 11 is 0. The Morgan fingerprint density at radius 3 is 2.19 bits per heavy atom. The monoisotopic (exact) mass is 399 g/mol. The first kappa shape index (κ1) is 22.7. The Kier molecular flexibility index (Phi) is 9.03. The third kappa shape index (κ3) is 6.40. The van der Waals surface area contributed by atoms with E-state index in [9.17, 15) is 18.0 Å². The second kappa shape index (κ2) is 10.7. The van der Waals surface area contributed by atoms with Crippen LogP contribution in [0, 0.1) is 0 Å². The van der Waals surface area contributed by atoms with E-state index in [1.807, 2.05) is 6.92 Å². The lowest BCUT2D eigenvalue weighted by atomic mass is 10.2. The van der Waals surface area contributed by atoms with Crippen LogP contribution in [0.1, 0.15) is 27.7 Å². The summed E-state index contributed by atoms with van der Waals surface area (Å²) in [5, 5.41) is 10.7. The molecule has 1 rings (SSSR count). The number of rotatable bonds is 10. The molecule has 0 spiro atoms. The van der Waals surface area contributed by atoms with Crippen molar-refractivity contribution in [2.45, 2.75) is 32.6 Å².